The van der Waals surface area contributed by atoms with Crippen LogP contribution in [0.5, 0.6) is 5.75 Å². The highest BCUT2D eigenvalue weighted by atomic mass is 16.5. The van der Waals surface area contributed by atoms with E-state index in [1.165, 1.54) is 11.6 Å². The van der Waals surface area contributed by atoms with Gasteiger partial charge in [-0.3, -0.25) is 14.7 Å². The topological polar surface area (TPSA) is 80.3 Å². The van der Waals surface area contributed by atoms with E-state index in [-0.39, 0.29) is 11.5 Å². The molecule has 1 aliphatic heterocycles. The molecule has 3 aromatic rings. The Labute approximate surface area is 175 Å². The lowest BCUT2D eigenvalue weighted by Crippen LogP contribution is -2.21. The van der Waals surface area contributed by atoms with Crippen molar-refractivity contribution in [2.75, 3.05) is 33.4 Å². The van der Waals surface area contributed by atoms with Gasteiger partial charge in [-0.25, -0.2) is 4.98 Å². The molecule has 0 bridgehead atoms. The molecule has 7 heteroatoms. The van der Waals surface area contributed by atoms with Crippen molar-refractivity contribution in [3.63, 3.8) is 0 Å². The first-order valence-corrected chi connectivity index (χ1v) is 10.2. The molecule has 0 radical (unpaired) electrons. The lowest BCUT2D eigenvalue weighted by molar-refractivity contribution is 0.146. The number of nitrogens with zero attached hydrogens (tertiary/aromatic N) is 3. The van der Waals surface area contributed by atoms with Gasteiger partial charge in [0.05, 0.1) is 12.3 Å². The normalized spacial score (nSPS) is 16.6. The third-order valence-corrected chi connectivity index (χ3v) is 5.24. The molecule has 3 heterocycles. The van der Waals surface area contributed by atoms with Crippen LogP contribution in [0.25, 0.3) is 11.3 Å². The molecule has 1 aromatic carbocycles. The van der Waals surface area contributed by atoms with Crippen LogP contribution >= 0.6 is 0 Å². The second-order valence-electron chi connectivity index (χ2n) is 7.47. The number of H-pyrrole nitrogens is 1. The van der Waals surface area contributed by atoms with Crippen molar-refractivity contribution >= 4 is 0 Å². The molecule has 30 heavy (non-hydrogen) atoms. The van der Waals surface area contributed by atoms with Gasteiger partial charge in [0.25, 0.3) is 5.56 Å². The van der Waals surface area contributed by atoms with Crippen LogP contribution in [-0.4, -0.2) is 53.3 Å². The van der Waals surface area contributed by atoms with Gasteiger partial charge in [0, 0.05) is 50.1 Å². The van der Waals surface area contributed by atoms with Gasteiger partial charge in [0.1, 0.15) is 18.2 Å². The second-order valence-corrected chi connectivity index (χ2v) is 7.47. The first kappa shape index (κ1) is 20.3. The molecule has 1 N–H and O–H groups in total. The summed E-state index contributed by atoms with van der Waals surface area (Å²) in [5, 5.41) is 0. The van der Waals surface area contributed by atoms with E-state index in [1.807, 2.05) is 24.3 Å². The van der Waals surface area contributed by atoms with Crippen molar-refractivity contribution in [2.45, 2.75) is 18.9 Å². The van der Waals surface area contributed by atoms with Gasteiger partial charge in [-0.1, -0.05) is 12.1 Å². The van der Waals surface area contributed by atoms with Gasteiger partial charge in [-0.05, 0) is 42.8 Å². The molecule has 1 aliphatic rings. The molecule has 0 saturated carbocycles. The molecule has 0 unspecified atom stereocenters. The Balaban J connectivity index is 1.42. The summed E-state index contributed by atoms with van der Waals surface area (Å²) in [7, 11) is 1.66. The average molecular weight is 406 g/mol. The summed E-state index contributed by atoms with van der Waals surface area (Å²) in [4.78, 5) is 26.4. The minimum absolute atomic E-state index is 0.127. The highest BCUT2D eigenvalue weighted by molar-refractivity contribution is 5.56. The van der Waals surface area contributed by atoms with Crippen LogP contribution in [0.4, 0.5) is 0 Å². The van der Waals surface area contributed by atoms with Crippen molar-refractivity contribution in [1.82, 2.24) is 19.9 Å². The zero-order valence-corrected chi connectivity index (χ0v) is 17.1. The smallest absolute Gasteiger partial charge is 0.251 e. The molecule has 156 valence electrons. The van der Waals surface area contributed by atoms with E-state index in [2.05, 4.69) is 27.0 Å². The number of rotatable bonds is 8. The van der Waals surface area contributed by atoms with Gasteiger partial charge in [0.15, 0.2) is 0 Å². The van der Waals surface area contributed by atoms with Crippen LogP contribution in [0.1, 0.15) is 23.7 Å². The van der Waals surface area contributed by atoms with Crippen molar-refractivity contribution in [1.29, 1.82) is 0 Å². The number of methoxy groups -OCH3 is 1. The summed E-state index contributed by atoms with van der Waals surface area (Å²) in [6.07, 6.45) is 4.40. The Kier molecular flexibility index (Phi) is 6.51. The van der Waals surface area contributed by atoms with Crippen molar-refractivity contribution in [2.24, 2.45) is 0 Å². The second kappa shape index (κ2) is 9.65. The quantitative estimate of drug-likeness (QED) is 0.580. The maximum atomic E-state index is 12.2. The molecule has 0 amide bonds. The molecular weight excluding hydrogens is 380 g/mol. The van der Waals surface area contributed by atoms with E-state index < -0.39 is 0 Å². The molecule has 4 rings (SSSR count). The fourth-order valence-electron chi connectivity index (χ4n) is 3.77. The van der Waals surface area contributed by atoms with Gasteiger partial charge >= 0.3 is 0 Å². The number of aromatic amines is 1. The van der Waals surface area contributed by atoms with E-state index in [4.69, 9.17) is 14.5 Å². The summed E-state index contributed by atoms with van der Waals surface area (Å²) in [5.74, 6) is 1.81. The molecule has 0 aliphatic carbocycles. The summed E-state index contributed by atoms with van der Waals surface area (Å²) >= 11 is 0. The Bertz CT molecular complexity index is 1020. The number of benzene rings is 1. The Hall–Kier alpha value is -3.03. The minimum Gasteiger partial charge on any atom is -0.491 e. The minimum atomic E-state index is -0.127. The molecule has 1 saturated heterocycles. The number of ether oxygens (including phenoxy) is 2. The lowest BCUT2D eigenvalue weighted by Gasteiger charge is -2.17. The number of aromatic nitrogens is 3. The summed E-state index contributed by atoms with van der Waals surface area (Å²) in [5.41, 5.74) is 2.60. The van der Waals surface area contributed by atoms with E-state index in [0.717, 1.165) is 43.2 Å². The zero-order chi connectivity index (χ0) is 20.8. The molecule has 7 nitrogen and oxygen atoms in total. The van der Waals surface area contributed by atoms with E-state index in [1.54, 1.807) is 19.5 Å². The van der Waals surface area contributed by atoms with Gasteiger partial charge < -0.3 is 14.5 Å². The largest absolute Gasteiger partial charge is 0.491 e. The zero-order valence-electron chi connectivity index (χ0n) is 17.1. The fourth-order valence-corrected chi connectivity index (χ4v) is 3.77. The molecule has 0 spiro atoms. The summed E-state index contributed by atoms with van der Waals surface area (Å²) < 4.78 is 10.7. The van der Waals surface area contributed by atoms with Gasteiger partial charge in [0.2, 0.25) is 0 Å². The standard InChI is InChI=1S/C23H26N4O3/c1-29-10-11-30-20-6-2-4-17(12-20)15-27-9-7-19(16-27)23-25-21(13-22(28)26-23)18-5-3-8-24-14-18/h2-6,8,12-14,19H,7,9-11,15-16H2,1H3,(H,25,26,28)/t19-/m1/s1. The first-order valence-electron chi connectivity index (χ1n) is 10.2. The number of nitrogens with one attached hydrogen (secondary N) is 1. The van der Waals surface area contributed by atoms with Gasteiger partial charge in [-0.2, -0.15) is 0 Å². The molecule has 1 fully saturated rings. The number of hydrogen-bond donors (Lipinski definition) is 1. The van der Waals surface area contributed by atoms with Crippen LogP contribution < -0.4 is 10.3 Å². The lowest BCUT2D eigenvalue weighted by atomic mass is 10.1. The van der Waals surface area contributed by atoms with Crippen molar-refractivity contribution in [3.8, 4) is 17.0 Å². The van der Waals surface area contributed by atoms with Crippen LogP contribution in [-0.2, 0) is 11.3 Å². The number of hydrogen-bond acceptors (Lipinski definition) is 6. The van der Waals surface area contributed by atoms with E-state index in [9.17, 15) is 4.79 Å². The van der Waals surface area contributed by atoms with Gasteiger partial charge in [-0.15, -0.1) is 0 Å². The SMILES string of the molecule is COCCOc1cccc(CN2CC[C@@H](c3nc(-c4cccnc4)cc(=O)[nH]3)C2)c1. The van der Waals surface area contributed by atoms with Crippen molar-refractivity contribution in [3.05, 3.63) is 76.6 Å². The Morgan fingerprint density at radius 2 is 2.13 bits per heavy atom. The maximum absolute atomic E-state index is 12.2. The third-order valence-electron chi connectivity index (χ3n) is 5.24. The van der Waals surface area contributed by atoms with Crippen LogP contribution in [0.2, 0.25) is 0 Å². The Morgan fingerprint density at radius 3 is 2.97 bits per heavy atom. The van der Waals surface area contributed by atoms with Crippen LogP contribution in [0.3, 0.4) is 0 Å². The number of likely N-dealkylation sites (tertiary alicyclic amines) is 1. The number of pyridine rings is 1. The highest BCUT2D eigenvalue weighted by Crippen LogP contribution is 2.27. The van der Waals surface area contributed by atoms with Crippen LogP contribution in [0.15, 0.2) is 59.7 Å². The fraction of sp³-hybridized carbons (Fsp3) is 0.348. The third kappa shape index (κ3) is 5.11. The maximum Gasteiger partial charge on any atom is 0.251 e. The molecule has 1 atom stereocenters. The summed E-state index contributed by atoms with van der Waals surface area (Å²) in [6.45, 7) is 3.76. The van der Waals surface area contributed by atoms with Crippen molar-refractivity contribution < 1.29 is 9.47 Å². The Morgan fingerprint density at radius 1 is 1.20 bits per heavy atom. The molecular formula is C23H26N4O3. The van der Waals surface area contributed by atoms with E-state index in [0.29, 0.717) is 18.9 Å². The first-order chi connectivity index (χ1) is 14.7. The monoisotopic (exact) mass is 406 g/mol. The van der Waals surface area contributed by atoms with E-state index >= 15 is 0 Å². The predicted molar refractivity (Wildman–Crippen MR) is 115 cm³/mol. The van der Waals surface area contributed by atoms with Crippen LogP contribution in [0, 0.1) is 0 Å². The highest BCUT2D eigenvalue weighted by Gasteiger charge is 2.26. The summed E-state index contributed by atoms with van der Waals surface area (Å²) in [6, 6.07) is 13.5. The molecule has 2 aromatic heterocycles. The average Bonchev–Trinajstić information content (AvgIpc) is 3.23. The predicted octanol–water partition coefficient (Wildman–Crippen LogP) is 2.85.